The van der Waals surface area contributed by atoms with E-state index in [1.54, 1.807) is 7.11 Å². The minimum Gasteiger partial charge on any atom is -0.378 e. The Kier molecular flexibility index (Phi) is 22.9. The van der Waals surface area contributed by atoms with E-state index in [0.717, 1.165) is 6.54 Å². The second-order valence-corrected chi connectivity index (χ2v) is 13.0. The van der Waals surface area contributed by atoms with E-state index >= 15 is 0 Å². The highest BCUT2D eigenvalue weighted by molar-refractivity contribution is 7.47. The van der Waals surface area contributed by atoms with Crippen LogP contribution in [0.4, 0.5) is 0 Å². The van der Waals surface area contributed by atoms with E-state index in [0.29, 0.717) is 17.6 Å². The fraction of sp³-hybridized carbons (Fsp3) is 1.00. The topological polar surface area (TPSA) is 68.2 Å². The zero-order chi connectivity index (χ0) is 27.1. The second kappa shape index (κ2) is 22.9. The van der Waals surface area contributed by atoms with Gasteiger partial charge in [-0.05, 0) is 20.0 Å². The number of phosphoric acid groups is 1. The fourth-order valence-corrected chi connectivity index (χ4v) is 4.95. The summed E-state index contributed by atoms with van der Waals surface area (Å²) in [5.74, 6) is 0. The molecule has 0 radical (unpaired) electrons. The maximum absolute atomic E-state index is 12.1. The highest BCUT2D eigenvalue weighted by Gasteiger charge is 2.25. The molecule has 0 saturated heterocycles. The van der Waals surface area contributed by atoms with Crippen LogP contribution in [-0.2, 0) is 18.3 Å². The molecule has 8 heteroatoms. The minimum absolute atomic E-state index is 0.0396. The van der Waals surface area contributed by atoms with E-state index in [1.807, 2.05) is 21.1 Å². The number of nitrogens with zero attached hydrogens (tertiary/aromatic N) is 2. The molecule has 0 saturated carbocycles. The molecule has 0 bridgehead atoms. The summed E-state index contributed by atoms with van der Waals surface area (Å²) in [6.45, 7) is 4.78. The third-order valence-corrected chi connectivity index (χ3v) is 7.67. The van der Waals surface area contributed by atoms with Gasteiger partial charge in [0.1, 0.15) is 13.2 Å². The number of hydrogen-bond donors (Lipinski definition) is 1. The van der Waals surface area contributed by atoms with Crippen molar-refractivity contribution < 1.29 is 27.7 Å². The van der Waals surface area contributed by atoms with E-state index in [4.69, 9.17) is 13.8 Å². The Balaban J connectivity index is 3.64. The van der Waals surface area contributed by atoms with Gasteiger partial charge in [0.2, 0.25) is 0 Å². The van der Waals surface area contributed by atoms with Crippen molar-refractivity contribution in [2.24, 2.45) is 0 Å². The van der Waals surface area contributed by atoms with Gasteiger partial charge in [-0.2, -0.15) is 0 Å². The van der Waals surface area contributed by atoms with Crippen molar-refractivity contribution in [3.63, 3.8) is 0 Å². The van der Waals surface area contributed by atoms with Gasteiger partial charge in [-0.15, -0.1) is 0 Å². The van der Waals surface area contributed by atoms with Crippen LogP contribution in [0.5, 0.6) is 0 Å². The minimum atomic E-state index is -4.05. The molecule has 0 rings (SSSR count). The molecule has 0 fully saturated rings. The molecule has 0 aliphatic carbocycles. The van der Waals surface area contributed by atoms with Crippen LogP contribution in [0.2, 0.25) is 0 Å². The Morgan fingerprint density at radius 3 is 1.64 bits per heavy atom. The second-order valence-electron chi connectivity index (χ2n) is 11.5. The number of unbranched alkanes of at least 4 members (excludes halogenated alkanes) is 15. The maximum atomic E-state index is 12.1. The van der Waals surface area contributed by atoms with Crippen molar-refractivity contribution in [2.75, 3.05) is 68.1 Å². The molecule has 0 heterocycles. The van der Waals surface area contributed by atoms with Gasteiger partial charge < -0.3 is 19.0 Å². The van der Waals surface area contributed by atoms with Gasteiger partial charge in [0, 0.05) is 13.7 Å². The summed E-state index contributed by atoms with van der Waals surface area (Å²) >= 11 is 0. The number of methoxy groups -OCH3 is 1. The van der Waals surface area contributed by atoms with Crippen LogP contribution >= 0.6 is 7.82 Å². The SMILES string of the molecule is CCCCCCCCCCCCCCCCCCN(C)C[C@H](COP(=O)(O)OCC[N+](C)(C)C)OC. The lowest BCUT2D eigenvalue weighted by Crippen LogP contribution is -2.37. The van der Waals surface area contributed by atoms with Crippen LogP contribution < -0.4 is 0 Å². The molecule has 1 N–H and O–H groups in total. The summed E-state index contributed by atoms with van der Waals surface area (Å²) in [6.07, 6.45) is 21.7. The number of hydrogen-bond acceptors (Lipinski definition) is 5. The van der Waals surface area contributed by atoms with Gasteiger partial charge in [-0.3, -0.25) is 9.05 Å². The van der Waals surface area contributed by atoms with Crippen LogP contribution in [0.25, 0.3) is 0 Å². The summed E-state index contributed by atoms with van der Waals surface area (Å²) in [6, 6.07) is 0. The summed E-state index contributed by atoms with van der Waals surface area (Å²) in [5.41, 5.74) is 0. The molecule has 0 amide bonds. The van der Waals surface area contributed by atoms with Gasteiger partial charge in [-0.25, -0.2) is 4.57 Å². The van der Waals surface area contributed by atoms with Gasteiger partial charge in [0.05, 0.1) is 33.9 Å². The lowest BCUT2D eigenvalue weighted by atomic mass is 10.0. The Morgan fingerprint density at radius 2 is 1.22 bits per heavy atom. The summed E-state index contributed by atoms with van der Waals surface area (Å²) in [4.78, 5) is 12.1. The molecule has 0 spiro atoms. The first-order valence-corrected chi connectivity index (χ1v) is 16.2. The Hall–Kier alpha value is -0.0100. The van der Waals surface area contributed by atoms with Crippen molar-refractivity contribution in [3.8, 4) is 0 Å². The first kappa shape index (κ1) is 36.0. The third-order valence-electron chi connectivity index (χ3n) is 6.68. The molecule has 218 valence electrons. The summed E-state index contributed by atoms with van der Waals surface area (Å²) in [5, 5.41) is 0. The number of phosphoric ester groups is 1. The Bertz CT molecular complexity index is 531. The van der Waals surface area contributed by atoms with Crippen LogP contribution in [0, 0.1) is 0 Å². The molecule has 36 heavy (non-hydrogen) atoms. The highest BCUT2D eigenvalue weighted by Crippen LogP contribution is 2.43. The third kappa shape index (κ3) is 25.6. The number of rotatable bonds is 27. The molecular weight excluding hydrogens is 475 g/mol. The van der Waals surface area contributed by atoms with Gasteiger partial charge >= 0.3 is 7.82 Å². The zero-order valence-electron chi connectivity index (χ0n) is 24.8. The van der Waals surface area contributed by atoms with E-state index in [-0.39, 0.29) is 19.3 Å². The number of likely N-dealkylation sites (N-methyl/N-ethyl adjacent to an activating group) is 2. The monoisotopic (exact) mass is 537 g/mol. The van der Waals surface area contributed by atoms with E-state index in [1.165, 1.54) is 103 Å². The largest absolute Gasteiger partial charge is 0.472 e. The summed E-state index contributed by atoms with van der Waals surface area (Å²) < 4.78 is 28.4. The molecule has 0 aliphatic rings. The Labute approximate surface area is 224 Å². The van der Waals surface area contributed by atoms with Crippen LogP contribution in [0.3, 0.4) is 0 Å². The first-order valence-electron chi connectivity index (χ1n) is 14.7. The van der Waals surface area contributed by atoms with Crippen molar-refractivity contribution in [3.05, 3.63) is 0 Å². The Morgan fingerprint density at radius 1 is 0.778 bits per heavy atom. The standard InChI is InChI=1S/C28H61N2O5P/c1-7-8-9-10-11-12-13-14-15-16-17-18-19-20-21-22-23-29(2)26-28(33-6)27-35-36(31,32)34-25-24-30(3,4)5/h28H,7-27H2,1-6H3/p+1/t28-/m1/s1. The molecule has 1 unspecified atom stereocenters. The molecule has 0 aromatic carbocycles. The van der Waals surface area contributed by atoms with Crippen molar-refractivity contribution >= 4 is 7.82 Å². The van der Waals surface area contributed by atoms with Crippen molar-refractivity contribution in [1.29, 1.82) is 0 Å². The highest BCUT2D eigenvalue weighted by atomic mass is 31.2. The van der Waals surface area contributed by atoms with Crippen molar-refractivity contribution in [2.45, 2.75) is 116 Å². The van der Waals surface area contributed by atoms with Crippen LogP contribution in [0.1, 0.15) is 110 Å². The molecule has 2 atom stereocenters. The quantitative estimate of drug-likeness (QED) is 0.0689. The van der Waals surface area contributed by atoms with Gasteiger partial charge in [0.15, 0.2) is 0 Å². The van der Waals surface area contributed by atoms with E-state index < -0.39 is 7.82 Å². The first-order chi connectivity index (χ1) is 17.1. The van der Waals surface area contributed by atoms with Crippen molar-refractivity contribution in [1.82, 2.24) is 4.90 Å². The molecule has 0 aromatic rings. The van der Waals surface area contributed by atoms with Gasteiger partial charge in [-0.1, -0.05) is 103 Å². The van der Waals surface area contributed by atoms with Gasteiger partial charge in [0.25, 0.3) is 0 Å². The molecule has 7 nitrogen and oxygen atoms in total. The number of quaternary nitrogens is 1. The lowest BCUT2D eigenvalue weighted by molar-refractivity contribution is -0.870. The average Bonchev–Trinajstić information content (AvgIpc) is 2.80. The average molecular weight is 538 g/mol. The van der Waals surface area contributed by atoms with Crippen LogP contribution in [-0.4, -0.2) is 88.5 Å². The maximum Gasteiger partial charge on any atom is 0.472 e. The number of ether oxygens (including phenoxy) is 1. The van der Waals surface area contributed by atoms with E-state index in [9.17, 15) is 9.46 Å². The predicted molar refractivity (Wildman–Crippen MR) is 152 cm³/mol. The molecule has 0 aliphatic heterocycles. The zero-order valence-corrected chi connectivity index (χ0v) is 25.7. The normalized spacial score (nSPS) is 14.9. The smallest absolute Gasteiger partial charge is 0.378 e. The molecular formula is C28H62N2O5P+. The molecule has 0 aromatic heterocycles. The fourth-order valence-electron chi connectivity index (χ4n) is 4.21. The summed E-state index contributed by atoms with van der Waals surface area (Å²) in [7, 11) is 5.63. The lowest BCUT2D eigenvalue weighted by Gasteiger charge is -2.25. The predicted octanol–water partition coefficient (Wildman–Crippen LogP) is 7.03. The van der Waals surface area contributed by atoms with E-state index in [2.05, 4.69) is 18.9 Å². The van der Waals surface area contributed by atoms with Crippen LogP contribution in [0.15, 0.2) is 0 Å².